The SMILES string of the molecule is COc1ccc(-c2csc(N3CCOCC3)n2)c2sc(NC(=O)c3ccc(N4CCCC4)cc3C)nc12. The summed E-state index contributed by atoms with van der Waals surface area (Å²) in [6, 6.07) is 10.00. The van der Waals surface area contributed by atoms with Crippen molar-refractivity contribution in [3.63, 3.8) is 0 Å². The number of morpholine rings is 1. The number of rotatable bonds is 6. The van der Waals surface area contributed by atoms with Gasteiger partial charge in [0.1, 0.15) is 11.3 Å². The Hall–Kier alpha value is -3.21. The van der Waals surface area contributed by atoms with E-state index in [9.17, 15) is 4.79 Å². The minimum atomic E-state index is -0.159. The maximum absolute atomic E-state index is 13.2. The molecule has 4 heterocycles. The Balaban J connectivity index is 1.28. The van der Waals surface area contributed by atoms with E-state index in [1.165, 1.54) is 29.9 Å². The molecule has 10 heteroatoms. The van der Waals surface area contributed by atoms with Crippen molar-refractivity contribution in [1.29, 1.82) is 0 Å². The number of amides is 1. The highest BCUT2D eigenvalue weighted by Gasteiger charge is 2.21. The topological polar surface area (TPSA) is 79.8 Å². The second kappa shape index (κ2) is 10.3. The lowest BCUT2D eigenvalue weighted by Crippen LogP contribution is -2.36. The van der Waals surface area contributed by atoms with Gasteiger partial charge in [-0.05, 0) is 55.7 Å². The van der Waals surface area contributed by atoms with E-state index in [1.54, 1.807) is 18.4 Å². The van der Waals surface area contributed by atoms with Gasteiger partial charge in [-0.25, -0.2) is 9.97 Å². The first-order valence-corrected chi connectivity index (χ1v) is 14.2. The van der Waals surface area contributed by atoms with Crippen LogP contribution >= 0.6 is 22.7 Å². The van der Waals surface area contributed by atoms with Gasteiger partial charge < -0.3 is 19.3 Å². The van der Waals surface area contributed by atoms with Gasteiger partial charge in [0.25, 0.3) is 5.91 Å². The van der Waals surface area contributed by atoms with Crippen LogP contribution in [0.2, 0.25) is 0 Å². The van der Waals surface area contributed by atoms with Gasteiger partial charge in [-0.1, -0.05) is 11.3 Å². The maximum Gasteiger partial charge on any atom is 0.257 e. The smallest absolute Gasteiger partial charge is 0.257 e. The van der Waals surface area contributed by atoms with Gasteiger partial charge in [0.05, 0.1) is 30.7 Å². The van der Waals surface area contributed by atoms with Crippen LogP contribution in [0, 0.1) is 6.92 Å². The van der Waals surface area contributed by atoms with Crippen LogP contribution in [0.3, 0.4) is 0 Å². The highest BCUT2D eigenvalue weighted by molar-refractivity contribution is 7.23. The zero-order chi connectivity index (χ0) is 25.4. The third kappa shape index (κ3) is 4.76. The second-order valence-electron chi connectivity index (χ2n) is 9.27. The van der Waals surface area contributed by atoms with Crippen molar-refractivity contribution in [3.05, 3.63) is 46.8 Å². The minimum Gasteiger partial charge on any atom is -0.494 e. The first kappa shape index (κ1) is 24.1. The van der Waals surface area contributed by atoms with E-state index in [1.807, 2.05) is 31.2 Å². The molecule has 0 saturated carbocycles. The molecule has 1 N–H and O–H groups in total. The van der Waals surface area contributed by atoms with Crippen molar-refractivity contribution in [2.75, 3.05) is 61.6 Å². The molecule has 2 aliphatic rings. The predicted molar refractivity (Wildman–Crippen MR) is 151 cm³/mol. The molecule has 2 saturated heterocycles. The lowest BCUT2D eigenvalue weighted by molar-refractivity contribution is 0.102. The van der Waals surface area contributed by atoms with E-state index in [-0.39, 0.29) is 5.91 Å². The first-order chi connectivity index (χ1) is 18.1. The molecular formula is C27H29N5O3S2. The summed E-state index contributed by atoms with van der Waals surface area (Å²) in [6.07, 6.45) is 2.44. The number of nitrogens with zero attached hydrogens (tertiary/aromatic N) is 4. The molecule has 6 rings (SSSR count). The lowest BCUT2D eigenvalue weighted by atomic mass is 10.1. The fraction of sp³-hybridized carbons (Fsp3) is 0.370. The van der Waals surface area contributed by atoms with Crippen LogP contribution in [0.4, 0.5) is 16.0 Å². The van der Waals surface area contributed by atoms with Gasteiger partial charge in [0, 0.05) is 48.4 Å². The number of ether oxygens (including phenoxy) is 2. The Morgan fingerprint density at radius 2 is 1.86 bits per heavy atom. The molecule has 8 nitrogen and oxygen atoms in total. The number of aromatic nitrogens is 2. The number of hydrogen-bond donors (Lipinski definition) is 1. The Labute approximate surface area is 223 Å². The van der Waals surface area contributed by atoms with Crippen LogP contribution in [0.1, 0.15) is 28.8 Å². The number of carbonyl (C=O) groups is 1. The maximum atomic E-state index is 13.2. The van der Waals surface area contributed by atoms with Crippen LogP contribution in [0.25, 0.3) is 21.5 Å². The summed E-state index contributed by atoms with van der Waals surface area (Å²) >= 11 is 3.08. The first-order valence-electron chi connectivity index (χ1n) is 12.5. The number of fused-ring (bicyclic) bond motifs is 1. The number of benzene rings is 2. The van der Waals surface area contributed by atoms with Crippen molar-refractivity contribution < 1.29 is 14.3 Å². The molecule has 2 fully saturated rings. The number of anilines is 3. The van der Waals surface area contributed by atoms with Crippen molar-refractivity contribution in [2.24, 2.45) is 0 Å². The number of thiazole rings is 2. The van der Waals surface area contributed by atoms with Crippen LogP contribution in [0.5, 0.6) is 5.75 Å². The van der Waals surface area contributed by atoms with Crippen molar-refractivity contribution in [3.8, 4) is 17.0 Å². The summed E-state index contributed by atoms with van der Waals surface area (Å²) in [5, 5.41) is 6.64. The average molecular weight is 536 g/mol. The monoisotopic (exact) mass is 535 g/mol. The number of hydrogen-bond acceptors (Lipinski definition) is 9. The number of methoxy groups -OCH3 is 1. The molecule has 0 atom stereocenters. The van der Waals surface area contributed by atoms with E-state index in [4.69, 9.17) is 19.4 Å². The predicted octanol–water partition coefficient (Wildman–Crippen LogP) is 5.43. The largest absolute Gasteiger partial charge is 0.494 e. The molecule has 4 aromatic rings. The van der Waals surface area contributed by atoms with E-state index >= 15 is 0 Å². The van der Waals surface area contributed by atoms with Gasteiger partial charge in [-0.3, -0.25) is 10.1 Å². The molecule has 192 valence electrons. The quantitative estimate of drug-likeness (QED) is 0.353. The van der Waals surface area contributed by atoms with Gasteiger partial charge >= 0.3 is 0 Å². The molecule has 0 aliphatic carbocycles. The Kier molecular flexibility index (Phi) is 6.71. The Morgan fingerprint density at radius 1 is 1.05 bits per heavy atom. The molecule has 2 aromatic carbocycles. The normalized spacial score (nSPS) is 15.9. The molecule has 1 amide bonds. The lowest BCUT2D eigenvalue weighted by Gasteiger charge is -2.26. The average Bonchev–Trinajstić information content (AvgIpc) is 3.69. The summed E-state index contributed by atoms with van der Waals surface area (Å²) in [5.74, 6) is 0.513. The van der Waals surface area contributed by atoms with E-state index in [2.05, 4.69) is 26.6 Å². The van der Waals surface area contributed by atoms with Gasteiger partial charge in [-0.2, -0.15) is 0 Å². The molecule has 37 heavy (non-hydrogen) atoms. The molecule has 0 spiro atoms. The van der Waals surface area contributed by atoms with E-state index < -0.39 is 0 Å². The van der Waals surface area contributed by atoms with Crippen LogP contribution < -0.4 is 19.9 Å². The summed E-state index contributed by atoms with van der Waals surface area (Å²) in [7, 11) is 1.64. The van der Waals surface area contributed by atoms with Crippen molar-refractivity contribution in [1.82, 2.24) is 9.97 Å². The van der Waals surface area contributed by atoms with E-state index in [0.717, 1.165) is 71.6 Å². The molecule has 0 unspecified atom stereocenters. The van der Waals surface area contributed by atoms with Crippen LogP contribution in [-0.4, -0.2) is 62.4 Å². The van der Waals surface area contributed by atoms with Crippen LogP contribution in [-0.2, 0) is 4.74 Å². The van der Waals surface area contributed by atoms with Crippen LogP contribution in [0.15, 0.2) is 35.7 Å². The molecule has 2 aliphatic heterocycles. The van der Waals surface area contributed by atoms with Gasteiger partial charge in [0.15, 0.2) is 10.3 Å². The fourth-order valence-corrected chi connectivity index (χ4v) is 6.81. The zero-order valence-electron chi connectivity index (χ0n) is 21.0. The second-order valence-corrected chi connectivity index (χ2v) is 11.1. The molecule has 2 aromatic heterocycles. The molecule has 0 bridgehead atoms. The number of aryl methyl sites for hydroxylation is 1. The summed E-state index contributed by atoms with van der Waals surface area (Å²) in [6.45, 7) is 7.28. The highest BCUT2D eigenvalue weighted by Crippen LogP contribution is 2.41. The summed E-state index contributed by atoms with van der Waals surface area (Å²) in [4.78, 5) is 27.5. The van der Waals surface area contributed by atoms with Gasteiger partial charge in [0.2, 0.25) is 0 Å². The van der Waals surface area contributed by atoms with Gasteiger partial charge in [-0.15, -0.1) is 11.3 Å². The van der Waals surface area contributed by atoms with E-state index in [0.29, 0.717) is 16.4 Å². The zero-order valence-corrected chi connectivity index (χ0v) is 22.6. The summed E-state index contributed by atoms with van der Waals surface area (Å²) < 4.78 is 12.0. The van der Waals surface area contributed by atoms with Crippen molar-refractivity contribution in [2.45, 2.75) is 19.8 Å². The third-order valence-corrected chi connectivity index (χ3v) is 8.83. The molecule has 0 radical (unpaired) electrons. The highest BCUT2D eigenvalue weighted by atomic mass is 32.1. The third-order valence-electron chi connectivity index (χ3n) is 6.92. The Bertz CT molecular complexity index is 1440. The number of carbonyl (C=O) groups excluding carboxylic acids is 1. The Morgan fingerprint density at radius 3 is 2.62 bits per heavy atom. The summed E-state index contributed by atoms with van der Waals surface area (Å²) in [5.41, 5.74) is 5.40. The standard InChI is InChI=1S/C27H29N5O3S2/c1-17-15-18(31-9-3-4-10-31)5-6-19(17)25(33)30-26-29-23-22(34-2)8-7-20(24(23)37-26)21-16-36-27(28-21)32-11-13-35-14-12-32/h5-8,15-16H,3-4,9-14H2,1-2H3,(H,29,30,33). The molecular weight excluding hydrogens is 506 g/mol. The van der Waals surface area contributed by atoms with Crippen molar-refractivity contribution >= 4 is 54.7 Å². The number of nitrogens with one attached hydrogen (secondary N) is 1. The fourth-order valence-electron chi connectivity index (χ4n) is 4.93. The minimum absolute atomic E-state index is 0.159.